The summed E-state index contributed by atoms with van der Waals surface area (Å²) in [6.07, 6.45) is 0.661. The molecule has 0 aliphatic carbocycles. The highest BCUT2D eigenvalue weighted by atomic mass is 35.5. The van der Waals surface area contributed by atoms with Gasteiger partial charge in [-0.05, 0) is 6.42 Å². The molecule has 0 aromatic rings. The van der Waals surface area contributed by atoms with Gasteiger partial charge in [0, 0.05) is 24.2 Å². The van der Waals surface area contributed by atoms with Crippen LogP contribution in [-0.4, -0.2) is 22.9 Å². The molecule has 0 heterocycles. The molecule has 0 atom stereocenters. The minimum absolute atomic E-state index is 0.403. The first-order chi connectivity index (χ1) is 4.18. The maximum atomic E-state index is 10.2. The van der Waals surface area contributed by atoms with E-state index in [0.29, 0.717) is 18.8 Å². The van der Waals surface area contributed by atoms with E-state index in [1.807, 2.05) is 0 Å². The van der Waals surface area contributed by atoms with Crippen LogP contribution in [0.25, 0.3) is 0 Å². The first kappa shape index (κ1) is 8.85. The van der Waals surface area contributed by atoms with Crippen molar-refractivity contribution in [3.63, 3.8) is 0 Å². The highest BCUT2D eigenvalue weighted by Gasteiger charge is 2.02. The van der Waals surface area contributed by atoms with Crippen LogP contribution in [0.5, 0.6) is 0 Å². The van der Waals surface area contributed by atoms with E-state index < -0.39 is 6.03 Å². The lowest BCUT2D eigenvalue weighted by atomic mass is 10.5. The zero-order valence-electron chi connectivity index (χ0n) is 4.81. The van der Waals surface area contributed by atoms with Gasteiger partial charge in [-0.1, -0.05) is 0 Å². The summed E-state index contributed by atoms with van der Waals surface area (Å²) in [5, 5.41) is 0. The summed E-state index contributed by atoms with van der Waals surface area (Å²) in [5.41, 5.74) is 4.79. The van der Waals surface area contributed by atoms with Crippen LogP contribution < -0.4 is 5.73 Å². The van der Waals surface area contributed by atoms with Gasteiger partial charge in [0.1, 0.15) is 0 Å². The first-order valence-corrected chi connectivity index (χ1v) is 3.34. The summed E-state index contributed by atoms with van der Waals surface area (Å²) in [7, 11) is 0. The predicted octanol–water partition coefficient (Wildman–Crippen LogP) is 1.15. The van der Waals surface area contributed by atoms with E-state index in [4.69, 9.17) is 29.1 Å². The van der Waals surface area contributed by atoms with Crippen molar-refractivity contribution in [2.45, 2.75) is 6.42 Å². The molecule has 0 radical (unpaired) electrons. The summed E-state index contributed by atoms with van der Waals surface area (Å²) >= 11 is 10.6. The number of hydrogen-bond acceptors (Lipinski definition) is 1. The van der Waals surface area contributed by atoms with Crippen molar-refractivity contribution in [2.75, 3.05) is 12.4 Å². The predicted molar refractivity (Wildman–Crippen MR) is 37.5 cm³/mol. The summed E-state index contributed by atoms with van der Waals surface area (Å²) in [6, 6.07) is -0.637. The zero-order valence-corrected chi connectivity index (χ0v) is 6.32. The van der Waals surface area contributed by atoms with Crippen molar-refractivity contribution < 1.29 is 4.79 Å². The molecule has 3 nitrogen and oxygen atoms in total. The molecule has 54 valence electrons. The minimum atomic E-state index is -0.637. The van der Waals surface area contributed by atoms with Gasteiger partial charge in [-0.15, -0.1) is 11.6 Å². The lowest BCUT2D eigenvalue weighted by Crippen LogP contribution is -2.28. The van der Waals surface area contributed by atoms with E-state index in [1.54, 1.807) is 0 Å². The van der Waals surface area contributed by atoms with Crippen LogP contribution in [0.2, 0.25) is 0 Å². The molecule has 0 aliphatic heterocycles. The Morgan fingerprint density at radius 3 is 2.56 bits per heavy atom. The van der Waals surface area contributed by atoms with E-state index in [-0.39, 0.29) is 0 Å². The Balaban J connectivity index is 3.27. The average Bonchev–Trinajstić information content (AvgIpc) is 1.82. The topological polar surface area (TPSA) is 46.3 Å². The first-order valence-electron chi connectivity index (χ1n) is 2.47. The quantitative estimate of drug-likeness (QED) is 0.502. The van der Waals surface area contributed by atoms with E-state index in [0.717, 1.165) is 4.42 Å². The molecule has 2 N–H and O–H groups in total. The largest absolute Gasteiger partial charge is 0.350 e. The Hall–Kier alpha value is -0.150. The molecule has 9 heavy (non-hydrogen) atoms. The third-order valence-electron chi connectivity index (χ3n) is 0.727. The van der Waals surface area contributed by atoms with Crippen LogP contribution >= 0.6 is 23.4 Å². The van der Waals surface area contributed by atoms with Gasteiger partial charge in [-0.25, -0.2) is 9.21 Å². The monoisotopic (exact) mass is 170 g/mol. The van der Waals surface area contributed by atoms with Crippen LogP contribution in [0.15, 0.2) is 0 Å². The van der Waals surface area contributed by atoms with Crippen LogP contribution in [0.1, 0.15) is 6.42 Å². The Labute approximate surface area is 63.8 Å². The fourth-order valence-corrected chi connectivity index (χ4v) is 0.548. The maximum absolute atomic E-state index is 10.2. The zero-order chi connectivity index (χ0) is 7.28. The lowest BCUT2D eigenvalue weighted by molar-refractivity contribution is 0.233. The molecule has 2 amide bonds. The maximum Gasteiger partial charge on any atom is 0.329 e. The Morgan fingerprint density at radius 1 is 1.67 bits per heavy atom. The van der Waals surface area contributed by atoms with E-state index >= 15 is 0 Å². The fraction of sp³-hybridized carbons (Fsp3) is 0.750. The molecule has 0 unspecified atom stereocenters. The molecular formula is C4H8Cl2N2O. The Morgan fingerprint density at radius 2 is 2.22 bits per heavy atom. The third-order valence-corrected chi connectivity index (χ3v) is 1.33. The Bertz CT molecular complexity index is 98.6. The van der Waals surface area contributed by atoms with Gasteiger partial charge in [0.25, 0.3) is 0 Å². The number of halogens is 2. The molecule has 0 aliphatic rings. The summed E-state index contributed by atoms with van der Waals surface area (Å²) in [5.74, 6) is 0.483. The highest BCUT2D eigenvalue weighted by Crippen LogP contribution is 1.95. The second kappa shape index (κ2) is 4.70. The molecule has 0 spiro atoms. The molecule has 0 rings (SSSR count). The Kier molecular flexibility index (Phi) is 4.62. The minimum Gasteiger partial charge on any atom is -0.350 e. The molecule has 0 aromatic carbocycles. The molecule has 0 bridgehead atoms. The number of nitrogens with zero attached hydrogens (tertiary/aromatic N) is 1. The van der Waals surface area contributed by atoms with Gasteiger partial charge in [0.05, 0.1) is 0 Å². The van der Waals surface area contributed by atoms with Gasteiger partial charge < -0.3 is 5.73 Å². The van der Waals surface area contributed by atoms with Crippen molar-refractivity contribution in [3.05, 3.63) is 0 Å². The van der Waals surface area contributed by atoms with Crippen LogP contribution in [0.4, 0.5) is 4.79 Å². The number of hydrogen-bond donors (Lipinski definition) is 1. The summed E-state index contributed by atoms with van der Waals surface area (Å²) in [4.78, 5) is 10.2. The van der Waals surface area contributed by atoms with Gasteiger partial charge in [0.15, 0.2) is 0 Å². The fourth-order valence-electron chi connectivity index (χ4n) is 0.309. The van der Waals surface area contributed by atoms with Gasteiger partial charge in [-0.2, -0.15) is 0 Å². The van der Waals surface area contributed by atoms with Crippen molar-refractivity contribution in [1.82, 2.24) is 4.42 Å². The summed E-state index contributed by atoms with van der Waals surface area (Å²) in [6.45, 7) is 0.403. The molecule has 0 saturated heterocycles. The van der Waals surface area contributed by atoms with Crippen LogP contribution in [-0.2, 0) is 0 Å². The van der Waals surface area contributed by atoms with Gasteiger partial charge in [-0.3, -0.25) is 0 Å². The van der Waals surface area contributed by atoms with Crippen molar-refractivity contribution in [2.24, 2.45) is 5.73 Å². The second-order valence-electron chi connectivity index (χ2n) is 1.47. The second-order valence-corrected chi connectivity index (χ2v) is 2.25. The number of rotatable bonds is 3. The van der Waals surface area contributed by atoms with Crippen LogP contribution in [0, 0.1) is 0 Å². The highest BCUT2D eigenvalue weighted by molar-refractivity contribution is 6.21. The number of primary amides is 1. The van der Waals surface area contributed by atoms with Crippen molar-refractivity contribution in [1.29, 1.82) is 0 Å². The molecule has 5 heteroatoms. The van der Waals surface area contributed by atoms with Gasteiger partial charge >= 0.3 is 6.03 Å². The number of carbonyl (C=O) groups is 1. The molecular weight excluding hydrogens is 163 g/mol. The normalized spacial score (nSPS) is 9.11. The number of nitrogens with two attached hydrogens (primary N) is 1. The lowest BCUT2D eigenvalue weighted by Gasteiger charge is -2.07. The number of amides is 2. The number of alkyl halides is 1. The van der Waals surface area contributed by atoms with E-state index in [1.165, 1.54) is 0 Å². The standard InChI is InChI=1S/C4H8Cl2N2O/c5-2-1-3-8(6)4(7)9/h1-3H2,(H2,7,9). The number of carbonyl (C=O) groups excluding carboxylic acids is 1. The third kappa shape index (κ3) is 4.36. The van der Waals surface area contributed by atoms with Gasteiger partial charge in [0.2, 0.25) is 0 Å². The van der Waals surface area contributed by atoms with Crippen LogP contribution in [0.3, 0.4) is 0 Å². The summed E-state index contributed by atoms with van der Waals surface area (Å²) < 4.78 is 0.905. The average molecular weight is 171 g/mol. The SMILES string of the molecule is NC(=O)N(Cl)CCCCl. The molecule has 0 saturated carbocycles. The van der Waals surface area contributed by atoms with Crippen molar-refractivity contribution in [3.8, 4) is 0 Å². The molecule has 0 aromatic heterocycles. The molecule has 0 fully saturated rings. The van der Waals surface area contributed by atoms with Crippen molar-refractivity contribution >= 4 is 29.4 Å². The van der Waals surface area contributed by atoms with E-state index in [2.05, 4.69) is 0 Å². The van der Waals surface area contributed by atoms with E-state index in [9.17, 15) is 4.79 Å². The smallest absolute Gasteiger partial charge is 0.329 e. The number of urea groups is 1.